The number of nitrogens with zero attached hydrogens (tertiary/aromatic N) is 4. The number of hydrogen-bond acceptors (Lipinski definition) is 11. The number of amides is 2. The molecule has 14 heteroatoms. The molecule has 2 N–H and O–H groups in total. The molecule has 2 amide bonds. The van der Waals surface area contributed by atoms with Gasteiger partial charge in [-0.1, -0.05) is 91.0 Å². The number of benzene rings is 3. The van der Waals surface area contributed by atoms with E-state index < -0.39 is 36.4 Å². The fourth-order valence-corrected chi connectivity index (χ4v) is 5.68. The highest BCUT2D eigenvalue weighted by Gasteiger charge is 2.48. The summed E-state index contributed by atoms with van der Waals surface area (Å²) in [6, 6.07) is 29.5. The van der Waals surface area contributed by atoms with Crippen LogP contribution in [0, 0.1) is 0 Å². The first-order valence-corrected chi connectivity index (χ1v) is 16.4. The number of carbonyl (C=O) groups excluding carboxylic acids is 2. The fourth-order valence-electron chi connectivity index (χ4n) is 5.68. The lowest BCUT2D eigenvalue weighted by molar-refractivity contribution is -0.120. The van der Waals surface area contributed by atoms with Crippen LogP contribution in [0.25, 0.3) is 11.2 Å². The van der Waals surface area contributed by atoms with Crippen molar-refractivity contribution in [3.63, 3.8) is 0 Å². The molecule has 14 nitrogen and oxygen atoms in total. The van der Waals surface area contributed by atoms with Gasteiger partial charge in [-0.25, -0.2) is 4.98 Å². The highest BCUT2D eigenvalue weighted by molar-refractivity contribution is 5.99. The summed E-state index contributed by atoms with van der Waals surface area (Å²) in [6.07, 6.45) is -1.11. The number of nitrogens with one attached hydrogen (secondary N) is 2. The first-order valence-electron chi connectivity index (χ1n) is 16.4. The third-order valence-electron chi connectivity index (χ3n) is 8.01. The molecule has 0 spiro atoms. The van der Waals surface area contributed by atoms with Gasteiger partial charge in [0.1, 0.15) is 31.5 Å². The first-order chi connectivity index (χ1) is 25.0. The van der Waals surface area contributed by atoms with Crippen molar-refractivity contribution in [3.05, 3.63) is 114 Å². The van der Waals surface area contributed by atoms with Crippen molar-refractivity contribution in [2.75, 3.05) is 44.7 Å². The van der Waals surface area contributed by atoms with Gasteiger partial charge < -0.3 is 33.7 Å². The van der Waals surface area contributed by atoms with E-state index in [4.69, 9.17) is 28.4 Å². The lowest BCUT2D eigenvalue weighted by Gasteiger charge is -2.25. The van der Waals surface area contributed by atoms with E-state index in [0.29, 0.717) is 13.2 Å². The Morgan fingerprint density at radius 3 is 1.86 bits per heavy atom. The lowest BCUT2D eigenvalue weighted by atomic mass is 10.1. The van der Waals surface area contributed by atoms with Gasteiger partial charge in [0, 0.05) is 14.2 Å². The smallest absolute Gasteiger partial charge is 0.252 e. The molecule has 0 bridgehead atoms. The van der Waals surface area contributed by atoms with E-state index in [1.807, 2.05) is 91.0 Å². The van der Waals surface area contributed by atoms with Gasteiger partial charge in [0.05, 0.1) is 32.8 Å². The van der Waals surface area contributed by atoms with Crippen LogP contribution < -0.4 is 10.6 Å². The number of hydrogen-bond donors (Lipinski definition) is 2. The molecule has 0 unspecified atom stereocenters. The molecule has 1 saturated heterocycles. The van der Waals surface area contributed by atoms with Gasteiger partial charge in [0.15, 0.2) is 23.2 Å². The Hall–Kier alpha value is -5.09. The third-order valence-corrected chi connectivity index (χ3v) is 8.01. The molecular formula is C37H40N6O8. The van der Waals surface area contributed by atoms with Crippen LogP contribution in [-0.2, 0) is 57.8 Å². The number of carbonyl (C=O) groups is 2. The SMILES string of the molecule is COCC(=O)Nc1nc(NC(=O)COC)c2ncn([C@@H]3O[C@H](COCc4ccccc4)[C@@H](OCc4ccccc4)[C@@H]3OCc3ccccc3)c2n1. The molecule has 3 aromatic carbocycles. The largest absolute Gasteiger partial charge is 0.375 e. The minimum Gasteiger partial charge on any atom is -0.375 e. The standard InChI is InChI=1S/C37H40N6O8/c1-46-22-29(44)39-34-31-35(42-37(41-34)40-30(45)23-47-2)43(24-38-31)36-33(50-20-27-16-10-5-11-17-27)32(49-19-26-14-8-4-9-15-26)28(51-36)21-48-18-25-12-6-3-7-13-25/h3-17,24,28,32-33,36H,18-23H2,1-2H3,(H2,39,40,41,42,44,45)/t28-,32-,33+,36-/m1/s1. The van der Waals surface area contributed by atoms with Gasteiger partial charge in [-0.2, -0.15) is 9.97 Å². The molecule has 4 atom stereocenters. The molecule has 2 aromatic heterocycles. The Morgan fingerprint density at radius 2 is 1.27 bits per heavy atom. The Bertz CT molecular complexity index is 1860. The monoisotopic (exact) mass is 696 g/mol. The summed E-state index contributed by atoms with van der Waals surface area (Å²) in [5, 5.41) is 5.32. The lowest BCUT2D eigenvalue weighted by Crippen LogP contribution is -2.38. The van der Waals surface area contributed by atoms with Crippen LogP contribution in [0.2, 0.25) is 0 Å². The molecular weight excluding hydrogens is 656 g/mol. The van der Waals surface area contributed by atoms with Crippen LogP contribution in [0.1, 0.15) is 22.9 Å². The molecule has 51 heavy (non-hydrogen) atoms. The number of ether oxygens (including phenoxy) is 6. The van der Waals surface area contributed by atoms with E-state index >= 15 is 0 Å². The van der Waals surface area contributed by atoms with E-state index in [9.17, 15) is 9.59 Å². The molecule has 1 aliphatic rings. The summed E-state index contributed by atoms with van der Waals surface area (Å²) < 4.78 is 37.9. The van der Waals surface area contributed by atoms with Crippen LogP contribution in [0.3, 0.4) is 0 Å². The maximum Gasteiger partial charge on any atom is 0.252 e. The maximum atomic E-state index is 12.6. The second-order valence-corrected chi connectivity index (χ2v) is 11.8. The van der Waals surface area contributed by atoms with Gasteiger partial charge in [0.2, 0.25) is 5.95 Å². The summed E-state index contributed by atoms with van der Waals surface area (Å²) in [5.74, 6) is -0.943. The molecule has 5 aromatic rings. The normalized spacial score (nSPS) is 18.5. The van der Waals surface area contributed by atoms with Crippen LogP contribution in [0.15, 0.2) is 97.3 Å². The van der Waals surface area contributed by atoms with Crippen molar-refractivity contribution in [2.45, 2.75) is 44.4 Å². The molecule has 6 rings (SSSR count). The van der Waals surface area contributed by atoms with Gasteiger partial charge in [0.25, 0.3) is 11.8 Å². The molecule has 0 saturated carbocycles. The van der Waals surface area contributed by atoms with Crippen LogP contribution >= 0.6 is 0 Å². The highest BCUT2D eigenvalue weighted by Crippen LogP contribution is 2.37. The average molecular weight is 697 g/mol. The summed E-state index contributed by atoms with van der Waals surface area (Å²) in [5.41, 5.74) is 3.51. The zero-order valence-electron chi connectivity index (χ0n) is 28.3. The summed E-state index contributed by atoms with van der Waals surface area (Å²) >= 11 is 0. The second-order valence-electron chi connectivity index (χ2n) is 11.8. The topological polar surface area (TPSA) is 157 Å². The van der Waals surface area contributed by atoms with E-state index in [-0.39, 0.29) is 49.4 Å². The number of anilines is 2. The predicted octanol–water partition coefficient (Wildman–Crippen LogP) is 4.28. The van der Waals surface area contributed by atoms with E-state index in [1.165, 1.54) is 20.5 Å². The number of methoxy groups -OCH3 is 2. The van der Waals surface area contributed by atoms with Gasteiger partial charge in [-0.15, -0.1) is 0 Å². The number of fused-ring (bicyclic) bond motifs is 1. The Balaban J connectivity index is 1.37. The Kier molecular flexibility index (Phi) is 12.4. The van der Waals surface area contributed by atoms with E-state index in [1.54, 1.807) is 4.57 Å². The van der Waals surface area contributed by atoms with E-state index in [2.05, 4.69) is 25.6 Å². The number of rotatable bonds is 17. The first kappa shape index (κ1) is 35.7. The molecule has 0 aliphatic carbocycles. The van der Waals surface area contributed by atoms with Crippen LogP contribution in [0.5, 0.6) is 0 Å². The van der Waals surface area contributed by atoms with Crippen molar-refractivity contribution < 1.29 is 38.0 Å². The minimum absolute atomic E-state index is 0.0709. The quantitative estimate of drug-likeness (QED) is 0.143. The predicted molar refractivity (Wildman–Crippen MR) is 186 cm³/mol. The van der Waals surface area contributed by atoms with Crippen LogP contribution in [-0.4, -0.2) is 83.7 Å². The minimum atomic E-state index is -0.815. The molecule has 1 aliphatic heterocycles. The maximum absolute atomic E-state index is 12.6. The summed E-state index contributed by atoms with van der Waals surface area (Å²) in [7, 11) is 2.81. The zero-order chi connectivity index (χ0) is 35.4. The third kappa shape index (κ3) is 9.38. The summed E-state index contributed by atoms with van der Waals surface area (Å²) in [4.78, 5) is 38.6. The van der Waals surface area contributed by atoms with Crippen molar-refractivity contribution in [1.29, 1.82) is 0 Å². The van der Waals surface area contributed by atoms with Crippen molar-refractivity contribution in [1.82, 2.24) is 19.5 Å². The number of aromatic nitrogens is 4. The Morgan fingerprint density at radius 1 is 0.725 bits per heavy atom. The van der Waals surface area contributed by atoms with Gasteiger partial charge in [-0.3, -0.25) is 19.5 Å². The van der Waals surface area contributed by atoms with E-state index in [0.717, 1.165) is 16.7 Å². The molecule has 3 heterocycles. The van der Waals surface area contributed by atoms with Crippen molar-refractivity contribution in [2.24, 2.45) is 0 Å². The number of imidazole rings is 1. The van der Waals surface area contributed by atoms with Gasteiger partial charge >= 0.3 is 0 Å². The Labute approximate surface area is 295 Å². The molecule has 1 fully saturated rings. The molecule has 266 valence electrons. The zero-order valence-corrected chi connectivity index (χ0v) is 28.3. The second kappa shape index (κ2) is 17.7. The molecule has 0 radical (unpaired) electrons. The van der Waals surface area contributed by atoms with Gasteiger partial charge in [-0.05, 0) is 16.7 Å². The van der Waals surface area contributed by atoms with Crippen molar-refractivity contribution in [3.8, 4) is 0 Å². The highest BCUT2D eigenvalue weighted by atomic mass is 16.6. The van der Waals surface area contributed by atoms with Crippen LogP contribution in [0.4, 0.5) is 11.8 Å². The van der Waals surface area contributed by atoms with Crippen molar-refractivity contribution >= 4 is 34.7 Å². The fraction of sp³-hybridized carbons (Fsp3) is 0.324. The summed E-state index contributed by atoms with van der Waals surface area (Å²) in [6.45, 7) is 0.714. The average Bonchev–Trinajstić information content (AvgIpc) is 3.72.